The Kier molecular flexibility index (Phi) is 4.80. The second-order valence-electron chi connectivity index (χ2n) is 5.66. The lowest BCUT2D eigenvalue weighted by atomic mass is 10.4. The minimum absolute atomic E-state index is 0.375. The van der Waals surface area contributed by atoms with Gasteiger partial charge in [0.15, 0.2) is 0 Å². The molecule has 0 fully saturated rings. The van der Waals surface area contributed by atoms with Crippen molar-refractivity contribution >= 4 is 27.5 Å². The van der Waals surface area contributed by atoms with Gasteiger partial charge in [0.05, 0.1) is 13.2 Å². The molecule has 1 aliphatic rings. The van der Waals surface area contributed by atoms with Crippen molar-refractivity contribution in [3.8, 4) is 11.8 Å². The second-order valence-corrected chi connectivity index (χ2v) is 12.0. The van der Waals surface area contributed by atoms with Crippen molar-refractivity contribution in [2.24, 2.45) is 0 Å². The minimum Gasteiger partial charge on any atom is -0.408 e. The van der Waals surface area contributed by atoms with Crippen LogP contribution < -0.4 is 10.4 Å². The second kappa shape index (κ2) is 6.83. The Morgan fingerprint density at radius 3 is 1.48 bits per heavy atom. The molecule has 1 aliphatic heterocycles. The first kappa shape index (κ1) is 16.2. The van der Waals surface area contributed by atoms with Gasteiger partial charge in [0.1, 0.15) is 0 Å². The normalized spacial score (nSPS) is 27.9. The van der Waals surface area contributed by atoms with E-state index in [1.165, 1.54) is 0 Å². The maximum atomic E-state index is 6.67. The van der Waals surface area contributed by atoms with E-state index in [-0.39, 0.29) is 0 Å². The molecule has 2 unspecified atom stereocenters. The molecule has 23 heavy (non-hydrogen) atoms. The van der Waals surface area contributed by atoms with Crippen LogP contribution >= 0.6 is 0 Å². The molecule has 1 heterocycles. The Morgan fingerprint density at radius 1 is 0.696 bits per heavy atom. The fourth-order valence-electron chi connectivity index (χ4n) is 2.65. The highest BCUT2D eigenvalue weighted by molar-refractivity contribution is 6.92. The highest BCUT2D eigenvalue weighted by Crippen LogP contribution is 2.18. The van der Waals surface area contributed by atoms with Crippen molar-refractivity contribution in [2.45, 2.75) is 13.1 Å². The lowest BCUT2D eigenvalue weighted by molar-refractivity contribution is 0.239. The van der Waals surface area contributed by atoms with Gasteiger partial charge in [0.2, 0.25) is 0 Å². The number of hydrogen-bond acceptors (Lipinski definition) is 3. The van der Waals surface area contributed by atoms with Crippen LogP contribution in [0.15, 0.2) is 60.7 Å². The molecule has 0 amide bonds. The topological polar surface area (TPSA) is 27.7 Å². The Morgan fingerprint density at radius 2 is 1.09 bits per heavy atom. The summed E-state index contributed by atoms with van der Waals surface area (Å²) in [6.45, 7) is 4.90. The summed E-state index contributed by atoms with van der Waals surface area (Å²) in [5.74, 6) is 6.04. The van der Waals surface area contributed by atoms with Gasteiger partial charge < -0.3 is 13.0 Å². The highest BCUT2D eigenvalue weighted by Gasteiger charge is 2.46. The third-order valence-corrected chi connectivity index (χ3v) is 11.2. The summed E-state index contributed by atoms with van der Waals surface area (Å²) < 4.78 is 19.0. The van der Waals surface area contributed by atoms with Crippen molar-refractivity contribution < 1.29 is 13.0 Å². The smallest absolute Gasteiger partial charge is 0.361 e. The van der Waals surface area contributed by atoms with Gasteiger partial charge in [0, 0.05) is 0 Å². The SMILES string of the molecule is C[Si]1(c2ccccc2)OCC#CCO[Si](C)(c2ccccc2)O1. The average molecular weight is 341 g/mol. The first-order valence-electron chi connectivity index (χ1n) is 7.67. The van der Waals surface area contributed by atoms with Crippen LogP contribution in [0, 0.1) is 11.8 Å². The van der Waals surface area contributed by atoms with Crippen LogP contribution in [0.2, 0.25) is 13.1 Å². The molecule has 5 heteroatoms. The third-order valence-electron chi connectivity index (χ3n) is 3.95. The maximum absolute atomic E-state index is 6.67. The van der Waals surface area contributed by atoms with Crippen LogP contribution in [-0.2, 0) is 13.0 Å². The van der Waals surface area contributed by atoms with Gasteiger partial charge in [-0.2, -0.15) is 0 Å². The van der Waals surface area contributed by atoms with Crippen LogP contribution in [0.3, 0.4) is 0 Å². The monoisotopic (exact) mass is 340 g/mol. The zero-order valence-electron chi connectivity index (χ0n) is 13.4. The Balaban J connectivity index is 2.02. The summed E-state index contributed by atoms with van der Waals surface area (Å²) >= 11 is 0. The third kappa shape index (κ3) is 3.63. The lowest BCUT2D eigenvalue weighted by Gasteiger charge is -2.36. The number of hydrogen-bond donors (Lipinski definition) is 0. The predicted molar refractivity (Wildman–Crippen MR) is 96.2 cm³/mol. The van der Waals surface area contributed by atoms with E-state index in [4.69, 9.17) is 13.0 Å². The van der Waals surface area contributed by atoms with Crippen molar-refractivity contribution in [3.05, 3.63) is 60.7 Å². The molecule has 2 aromatic rings. The molecule has 2 aromatic carbocycles. The molecule has 2 atom stereocenters. The lowest BCUT2D eigenvalue weighted by Crippen LogP contribution is -2.63. The Bertz CT molecular complexity index is 652. The van der Waals surface area contributed by atoms with Gasteiger partial charge in [-0.25, -0.2) is 0 Å². The summed E-state index contributed by atoms with van der Waals surface area (Å²) in [5.41, 5.74) is 0. The van der Waals surface area contributed by atoms with E-state index in [2.05, 4.69) is 49.2 Å². The van der Waals surface area contributed by atoms with Crippen molar-refractivity contribution in [2.75, 3.05) is 13.2 Å². The molecule has 0 aliphatic carbocycles. The van der Waals surface area contributed by atoms with E-state index in [0.717, 1.165) is 10.4 Å². The van der Waals surface area contributed by atoms with E-state index in [0.29, 0.717) is 13.2 Å². The minimum atomic E-state index is -2.61. The van der Waals surface area contributed by atoms with Gasteiger partial charge >= 0.3 is 17.1 Å². The highest BCUT2D eigenvalue weighted by atomic mass is 28.5. The van der Waals surface area contributed by atoms with E-state index in [9.17, 15) is 0 Å². The molecular weight excluding hydrogens is 320 g/mol. The Hall–Kier alpha value is -1.69. The molecule has 0 aromatic heterocycles. The van der Waals surface area contributed by atoms with E-state index in [1.807, 2.05) is 36.4 Å². The fourth-order valence-corrected chi connectivity index (χ4v) is 9.66. The van der Waals surface area contributed by atoms with E-state index < -0.39 is 17.1 Å². The van der Waals surface area contributed by atoms with Crippen LogP contribution in [0.1, 0.15) is 0 Å². The summed E-state index contributed by atoms with van der Waals surface area (Å²) in [7, 11) is -5.22. The quantitative estimate of drug-likeness (QED) is 0.618. The largest absolute Gasteiger partial charge is 0.408 e. The van der Waals surface area contributed by atoms with Crippen LogP contribution in [0.4, 0.5) is 0 Å². The summed E-state index contributed by atoms with van der Waals surface area (Å²) in [6.07, 6.45) is 0. The average Bonchev–Trinajstić information content (AvgIpc) is 2.67. The Labute approximate surface area is 139 Å². The van der Waals surface area contributed by atoms with Crippen molar-refractivity contribution in [1.82, 2.24) is 0 Å². The molecule has 0 N–H and O–H groups in total. The zero-order valence-corrected chi connectivity index (χ0v) is 15.4. The predicted octanol–water partition coefficient (Wildman–Crippen LogP) is 2.01. The van der Waals surface area contributed by atoms with Gasteiger partial charge in [0.25, 0.3) is 0 Å². The molecule has 118 valence electrons. The molecular formula is C18H20O3Si2. The van der Waals surface area contributed by atoms with Crippen molar-refractivity contribution in [1.29, 1.82) is 0 Å². The fraction of sp³-hybridized carbons (Fsp3) is 0.222. The molecule has 0 bridgehead atoms. The summed E-state index contributed by atoms with van der Waals surface area (Å²) in [6, 6.07) is 20.3. The van der Waals surface area contributed by atoms with Gasteiger partial charge in [-0.05, 0) is 23.5 Å². The summed E-state index contributed by atoms with van der Waals surface area (Å²) in [5, 5.41) is 2.20. The van der Waals surface area contributed by atoms with E-state index >= 15 is 0 Å². The first-order chi connectivity index (χ1) is 11.1. The number of rotatable bonds is 2. The van der Waals surface area contributed by atoms with Gasteiger partial charge in [-0.1, -0.05) is 72.5 Å². The first-order valence-corrected chi connectivity index (χ1v) is 12.3. The molecule has 3 nitrogen and oxygen atoms in total. The molecule has 0 saturated carbocycles. The molecule has 0 radical (unpaired) electrons. The standard InChI is InChI=1S/C18H20O3Si2/c1-22(17-11-5-3-6-12-17)19-15-9-10-16-20-23(2,21-22)18-13-7-4-8-14-18/h3-8,11-14H,15-16H2,1-2H3. The maximum Gasteiger partial charge on any atom is 0.361 e. The van der Waals surface area contributed by atoms with Gasteiger partial charge in [-0.3, -0.25) is 0 Å². The van der Waals surface area contributed by atoms with E-state index in [1.54, 1.807) is 0 Å². The molecule has 0 saturated heterocycles. The summed E-state index contributed by atoms with van der Waals surface area (Å²) in [4.78, 5) is 0. The van der Waals surface area contributed by atoms with Crippen molar-refractivity contribution in [3.63, 3.8) is 0 Å². The van der Waals surface area contributed by atoms with Crippen LogP contribution in [-0.4, -0.2) is 30.3 Å². The zero-order chi connectivity index (χ0) is 16.2. The van der Waals surface area contributed by atoms with Gasteiger partial charge in [-0.15, -0.1) is 0 Å². The van der Waals surface area contributed by atoms with Crippen LogP contribution in [0.5, 0.6) is 0 Å². The van der Waals surface area contributed by atoms with Crippen LogP contribution in [0.25, 0.3) is 0 Å². The molecule has 0 spiro atoms. The number of benzene rings is 2. The molecule has 3 rings (SSSR count).